The maximum Gasteiger partial charge on any atom is 0.257 e. The highest BCUT2D eigenvalue weighted by molar-refractivity contribution is 7.80. The number of anilines is 1. The fourth-order valence-electron chi connectivity index (χ4n) is 2.03. The number of hydrogen-bond donors (Lipinski definition) is 2. The number of methoxy groups -OCH3 is 2. The van der Waals surface area contributed by atoms with Crippen molar-refractivity contribution in [1.82, 2.24) is 5.32 Å². The van der Waals surface area contributed by atoms with Crippen LogP contribution in [0.15, 0.2) is 42.5 Å². The van der Waals surface area contributed by atoms with Crippen molar-refractivity contribution in [2.24, 2.45) is 0 Å². The average molecular weight is 330 g/mol. The van der Waals surface area contributed by atoms with Crippen molar-refractivity contribution in [1.29, 1.82) is 0 Å². The van der Waals surface area contributed by atoms with Crippen molar-refractivity contribution in [3.8, 4) is 11.5 Å². The number of hydrogen-bond acceptors (Lipinski definition) is 4. The van der Waals surface area contributed by atoms with Gasteiger partial charge in [-0.15, -0.1) is 0 Å². The summed E-state index contributed by atoms with van der Waals surface area (Å²) < 4.78 is 10.4. The number of ether oxygens (including phenoxy) is 2. The number of aryl methyl sites for hydroxylation is 1. The third-order valence-corrected chi connectivity index (χ3v) is 3.37. The van der Waals surface area contributed by atoms with Gasteiger partial charge in [-0.05, 0) is 43.4 Å². The van der Waals surface area contributed by atoms with Crippen LogP contribution in [0.1, 0.15) is 15.9 Å². The van der Waals surface area contributed by atoms with E-state index >= 15 is 0 Å². The molecule has 0 heterocycles. The standard InChI is InChI=1S/C17H18N2O3S/c1-11-5-4-6-12(9-11)16(20)19-17(23)18-14-10-13(21-2)7-8-15(14)22-3/h4-10H,1-3H3,(H2,18,19,20,23). The van der Waals surface area contributed by atoms with Crippen LogP contribution in [0.25, 0.3) is 0 Å². The zero-order valence-corrected chi connectivity index (χ0v) is 14.0. The van der Waals surface area contributed by atoms with Crippen molar-refractivity contribution in [3.63, 3.8) is 0 Å². The van der Waals surface area contributed by atoms with Gasteiger partial charge in [0.25, 0.3) is 5.91 Å². The van der Waals surface area contributed by atoms with Gasteiger partial charge in [-0.2, -0.15) is 0 Å². The van der Waals surface area contributed by atoms with E-state index in [-0.39, 0.29) is 11.0 Å². The summed E-state index contributed by atoms with van der Waals surface area (Å²) in [5.41, 5.74) is 2.17. The summed E-state index contributed by atoms with van der Waals surface area (Å²) in [6, 6.07) is 12.6. The first-order valence-corrected chi connectivity index (χ1v) is 7.35. The Balaban J connectivity index is 2.09. The summed E-state index contributed by atoms with van der Waals surface area (Å²) in [4.78, 5) is 12.2. The van der Waals surface area contributed by atoms with Crippen molar-refractivity contribution in [2.45, 2.75) is 6.92 Å². The van der Waals surface area contributed by atoms with Gasteiger partial charge in [-0.25, -0.2) is 0 Å². The molecule has 0 spiro atoms. The molecule has 5 nitrogen and oxygen atoms in total. The third kappa shape index (κ3) is 4.43. The Morgan fingerprint density at radius 2 is 1.87 bits per heavy atom. The molecule has 0 saturated carbocycles. The highest BCUT2D eigenvalue weighted by Gasteiger charge is 2.11. The Bertz CT molecular complexity index is 732. The Morgan fingerprint density at radius 3 is 2.52 bits per heavy atom. The van der Waals surface area contributed by atoms with Crippen LogP contribution in [-0.4, -0.2) is 25.2 Å². The highest BCUT2D eigenvalue weighted by atomic mass is 32.1. The molecule has 0 aliphatic heterocycles. The first kappa shape index (κ1) is 16.8. The fourth-order valence-corrected chi connectivity index (χ4v) is 2.23. The van der Waals surface area contributed by atoms with E-state index < -0.39 is 0 Å². The molecule has 120 valence electrons. The van der Waals surface area contributed by atoms with E-state index in [4.69, 9.17) is 21.7 Å². The second-order valence-corrected chi connectivity index (χ2v) is 5.25. The maximum absolute atomic E-state index is 12.2. The van der Waals surface area contributed by atoms with Gasteiger partial charge in [0.05, 0.1) is 19.9 Å². The summed E-state index contributed by atoms with van der Waals surface area (Å²) in [6.07, 6.45) is 0. The van der Waals surface area contributed by atoms with Gasteiger partial charge in [-0.3, -0.25) is 10.1 Å². The van der Waals surface area contributed by atoms with Crippen LogP contribution in [0.4, 0.5) is 5.69 Å². The SMILES string of the molecule is COc1ccc(OC)c(NC(=S)NC(=O)c2cccc(C)c2)c1. The molecular formula is C17H18N2O3S. The molecule has 2 rings (SSSR count). The summed E-state index contributed by atoms with van der Waals surface area (Å²) in [7, 11) is 3.13. The van der Waals surface area contributed by atoms with Crippen LogP contribution in [0.2, 0.25) is 0 Å². The lowest BCUT2D eigenvalue weighted by atomic mass is 10.1. The quantitative estimate of drug-likeness (QED) is 0.844. The van der Waals surface area contributed by atoms with Crippen LogP contribution in [-0.2, 0) is 0 Å². The largest absolute Gasteiger partial charge is 0.497 e. The van der Waals surface area contributed by atoms with E-state index in [1.807, 2.05) is 19.1 Å². The normalized spacial score (nSPS) is 9.87. The molecule has 0 aliphatic carbocycles. The molecule has 0 aliphatic rings. The van der Waals surface area contributed by atoms with E-state index in [2.05, 4.69) is 10.6 Å². The molecule has 0 aromatic heterocycles. The molecule has 0 fully saturated rings. The van der Waals surface area contributed by atoms with Crippen LogP contribution >= 0.6 is 12.2 Å². The Hall–Kier alpha value is -2.60. The lowest BCUT2D eigenvalue weighted by Gasteiger charge is -2.14. The monoisotopic (exact) mass is 330 g/mol. The third-order valence-electron chi connectivity index (χ3n) is 3.16. The molecule has 0 unspecified atom stereocenters. The van der Waals surface area contributed by atoms with Gasteiger partial charge in [0.2, 0.25) is 0 Å². The van der Waals surface area contributed by atoms with Gasteiger partial charge < -0.3 is 14.8 Å². The van der Waals surface area contributed by atoms with E-state index in [1.54, 1.807) is 44.6 Å². The van der Waals surface area contributed by atoms with Gasteiger partial charge in [0.15, 0.2) is 5.11 Å². The number of amides is 1. The number of thiocarbonyl (C=S) groups is 1. The summed E-state index contributed by atoms with van der Waals surface area (Å²) in [5, 5.41) is 5.78. The molecule has 23 heavy (non-hydrogen) atoms. The first-order valence-electron chi connectivity index (χ1n) is 6.94. The summed E-state index contributed by atoms with van der Waals surface area (Å²) in [5.74, 6) is 0.979. The fraction of sp³-hybridized carbons (Fsp3) is 0.176. The highest BCUT2D eigenvalue weighted by Crippen LogP contribution is 2.28. The van der Waals surface area contributed by atoms with Crippen LogP contribution in [0, 0.1) is 6.92 Å². The van der Waals surface area contributed by atoms with E-state index in [9.17, 15) is 4.79 Å². The minimum Gasteiger partial charge on any atom is -0.497 e. The Kier molecular flexibility index (Phi) is 5.54. The molecule has 2 aromatic carbocycles. The van der Waals surface area contributed by atoms with Crippen molar-refractivity contribution in [3.05, 3.63) is 53.6 Å². The maximum atomic E-state index is 12.2. The predicted molar refractivity (Wildman–Crippen MR) is 94.4 cm³/mol. The summed E-state index contributed by atoms with van der Waals surface area (Å²) >= 11 is 5.19. The van der Waals surface area contributed by atoms with E-state index in [0.717, 1.165) is 5.56 Å². The molecule has 6 heteroatoms. The molecule has 2 N–H and O–H groups in total. The van der Waals surface area contributed by atoms with Gasteiger partial charge in [-0.1, -0.05) is 17.7 Å². The van der Waals surface area contributed by atoms with Crippen LogP contribution in [0.3, 0.4) is 0 Å². The average Bonchev–Trinajstić information content (AvgIpc) is 2.54. The smallest absolute Gasteiger partial charge is 0.257 e. The predicted octanol–water partition coefficient (Wildman–Crippen LogP) is 3.14. The number of carbonyl (C=O) groups is 1. The van der Waals surface area contributed by atoms with Gasteiger partial charge in [0, 0.05) is 11.6 Å². The molecule has 0 bridgehead atoms. The number of benzene rings is 2. The van der Waals surface area contributed by atoms with Crippen molar-refractivity contribution >= 4 is 28.9 Å². The first-order chi connectivity index (χ1) is 11.0. The molecule has 0 atom stereocenters. The number of rotatable bonds is 4. The molecule has 1 amide bonds. The van der Waals surface area contributed by atoms with Crippen molar-refractivity contribution in [2.75, 3.05) is 19.5 Å². The number of nitrogens with one attached hydrogen (secondary N) is 2. The Morgan fingerprint density at radius 1 is 1.09 bits per heavy atom. The topological polar surface area (TPSA) is 59.6 Å². The molecular weight excluding hydrogens is 312 g/mol. The molecule has 2 aromatic rings. The summed E-state index contributed by atoms with van der Waals surface area (Å²) in [6.45, 7) is 1.93. The van der Waals surface area contributed by atoms with Crippen LogP contribution in [0.5, 0.6) is 11.5 Å². The second-order valence-electron chi connectivity index (χ2n) is 4.84. The van der Waals surface area contributed by atoms with Crippen molar-refractivity contribution < 1.29 is 14.3 Å². The zero-order valence-electron chi connectivity index (χ0n) is 13.2. The zero-order chi connectivity index (χ0) is 16.8. The lowest BCUT2D eigenvalue weighted by molar-refractivity contribution is 0.0977. The minimum atomic E-state index is -0.270. The van der Waals surface area contributed by atoms with E-state index in [0.29, 0.717) is 22.7 Å². The molecule has 0 radical (unpaired) electrons. The van der Waals surface area contributed by atoms with Gasteiger partial charge >= 0.3 is 0 Å². The minimum absolute atomic E-state index is 0.183. The Labute approximate surface area is 140 Å². The van der Waals surface area contributed by atoms with E-state index in [1.165, 1.54) is 0 Å². The van der Waals surface area contributed by atoms with Crippen LogP contribution < -0.4 is 20.1 Å². The lowest BCUT2D eigenvalue weighted by Crippen LogP contribution is -2.34. The second kappa shape index (κ2) is 7.60. The number of carbonyl (C=O) groups excluding carboxylic acids is 1. The van der Waals surface area contributed by atoms with Gasteiger partial charge in [0.1, 0.15) is 11.5 Å². The molecule has 0 saturated heterocycles.